The molecule has 0 amide bonds. The lowest BCUT2D eigenvalue weighted by Crippen LogP contribution is -2.41. The van der Waals surface area contributed by atoms with E-state index in [4.69, 9.17) is 9.31 Å². The van der Waals surface area contributed by atoms with Crippen molar-refractivity contribution in [2.45, 2.75) is 57.1 Å². The minimum Gasteiger partial charge on any atom is -0.403 e. The minimum absolute atomic E-state index is 0.142. The molecule has 0 spiro atoms. The van der Waals surface area contributed by atoms with E-state index in [0.29, 0.717) is 6.42 Å². The van der Waals surface area contributed by atoms with E-state index in [1.165, 1.54) is 0 Å². The Hall–Kier alpha value is -1.01. The fraction of sp³-hybridized carbons (Fsp3) is 0.600. The van der Waals surface area contributed by atoms with Crippen molar-refractivity contribution in [1.29, 1.82) is 0 Å². The van der Waals surface area contributed by atoms with Crippen LogP contribution >= 0.6 is 0 Å². The molecule has 1 aromatic rings. The van der Waals surface area contributed by atoms with E-state index in [1.807, 2.05) is 27.7 Å². The Balaban J connectivity index is 1.81. The molecule has 2 nitrogen and oxygen atoms in total. The van der Waals surface area contributed by atoms with Crippen LogP contribution in [0.2, 0.25) is 5.82 Å². The molecule has 21 heavy (non-hydrogen) atoms. The van der Waals surface area contributed by atoms with Crippen LogP contribution in [0.15, 0.2) is 12.1 Å². The van der Waals surface area contributed by atoms with Crippen molar-refractivity contribution in [2.24, 2.45) is 0 Å². The van der Waals surface area contributed by atoms with Crippen molar-refractivity contribution < 1.29 is 22.5 Å². The highest BCUT2D eigenvalue weighted by Gasteiger charge is 2.60. The van der Waals surface area contributed by atoms with Crippen LogP contribution in [0.3, 0.4) is 0 Å². The van der Waals surface area contributed by atoms with Gasteiger partial charge in [-0.1, -0.05) is 0 Å². The monoisotopic (exact) mass is 298 g/mol. The molecule has 1 saturated heterocycles. The van der Waals surface area contributed by atoms with Crippen LogP contribution in [0.4, 0.5) is 13.2 Å². The summed E-state index contributed by atoms with van der Waals surface area (Å²) in [6, 6.07) is 1.77. The molecule has 1 saturated carbocycles. The molecule has 0 N–H and O–H groups in total. The number of halogens is 3. The third-order valence-electron chi connectivity index (χ3n) is 4.91. The smallest absolute Gasteiger partial charge is 0.403 e. The zero-order valence-electron chi connectivity index (χ0n) is 12.5. The Morgan fingerprint density at radius 2 is 1.52 bits per heavy atom. The summed E-state index contributed by atoms with van der Waals surface area (Å²) in [7, 11) is -0.512. The molecule has 114 valence electrons. The SMILES string of the molecule is CC1(C)OB([C@H]2C[C@@H]2c2c(F)ccc(F)c2F)OC1(C)C. The normalized spacial score (nSPS) is 29.8. The molecule has 0 radical (unpaired) electrons. The summed E-state index contributed by atoms with van der Waals surface area (Å²) >= 11 is 0. The average Bonchev–Trinajstić information content (AvgIpc) is 3.09. The highest BCUT2D eigenvalue weighted by atomic mass is 19.2. The molecule has 0 aromatic heterocycles. The van der Waals surface area contributed by atoms with E-state index in [0.717, 1.165) is 12.1 Å². The Morgan fingerprint density at radius 1 is 1.00 bits per heavy atom. The third-order valence-corrected chi connectivity index (χ3v) is 4.91. The van der Waals surface area contributed by atoms with Crippen LogP contribution in [0.25, 0.3) is 0 Å². The van der Waals surface area contributed by atoms with Gasteiger partial charge in [0.2, 0.25) is 0 Å². The maximum absolute atomic E-state index is 13.8. The Labute approximate surface area is 122 Å². The fourth-order valence-corrected chi connectivity index (χ4v) is 2.79. The molecule has 2 atom stereocenters. The summed E-state index contributed by atoms with van der Waals surface area (Å²) in [5.41, 5.74) is -1.15. The molecule has 2 aliphatic rings. The van der Waals surface area contributed by atoms with Gasteiger partial charge in [0.25, 0.3) is 0 Å². The first kappa shape index (κ1) is 14.9. The van der Waals surface area contributed by atoms with E-state index in [2.05, 4.69) is 0 Å². The van der Waals surface area contributed by atoms with Crippen molar-refractivity contribution in [1.82, 2.24) is 0 Å². The van der Waals surface area contributed by atoms with Crippen LogP contribution in [-0.4, -0.2) is 18.3 Å². The second kappa shape index (κ2) is 4.49. The molecule has 1 aliphatic carbocycles. The van der Waals surface area contributed by atoms with E-state index in [9.17, 15) is 13.2 Å². The van der Waals surface area contributed by atoms with Gasteiger partial charge in [0.05, 0.1) is 11.2 Å². The third kappa shape index (κ3) is 2.29. The summed E-state index contributed by atoms with van der Waals surface area (Å²) in [6.45, 7) is 7.70. The quantitative estimate of drug-likeness (QED) is 0.605. The Kier molecular flexibility index (Phi) is 3.19. The first-order valence-corrected chi connectivity index (χ1v) is 7.13. The average molecular weight is 298 g/mol. The number of rotatable bonds is 2. The molecule has 1 aromatic carbocycles. The van der Waals surface area contributed by atoms with Crippen molar-refractivity contribution in [3.8, 4) is 0 Å². The van der Waals surface area contributed by atoms with Gasteiger partial charge in [-0.3, -0.25) is 0 Å². The lowest BCUT2D eigenvalue weighted by atomic mass is 9.79. The topological polar surface area (TPSA) is 18.5 Å². The van der Waals surface area contributed by atoms with Gasteiger partial charge >= 0.3 is 7.12 Å². The number of hydrogen-bond donors (Lipinski definition) is 0. The van der Waals surface area contributed by atoms with Gasteiger partial charge in [-0.15, -0.1) is 0 Å². The molecule has 1 aliphatic heterocycles. The van der Waals surface area contributed by atoms with E-state index in [1.54, 1.807) is 0 Å². The molecule has 6 heteroatoms. The molecule has 0 unspecified atom stereocenters. The maximum atomic E-state index is 13.8. The van der Waals surface area contributed by atoms with Crippen LogP contribution in [0.5, 0.6) is 0 Å². The second-order valence-corrected chi connectivity index (χ2v) is 6.89. The Morgan fingerprint density at radius 3 is 2.10 bits per heavy atom. The summed E-state index contributed by atoms with van der Waals surface area (Å²) in [4.78, 5) is 0. The van der Waals surface area contributed by atoms with E-state index < -0.39 is 41.7 Å². The van der Waals surface area contributed by atoms with Crippen LogP contribution in [-0.2, 0) is 9.31 Å². The van der Waals surface area contributed by atoms with E-state index in [-0.39, 0.29) is 11.4 Å². The largest absolute Gasteiger partial charge is 0.461 e. The van der Waals surface area contributed by atoms with Crippen molar-refractivity contribution >= 4 is 7.12 Å². The van der Waals surface area contributed by atoms with Gasteiger partial charge in [-0.25, -0.2) is 13.2 Å². The number of benzene rings is 1. The maximum Gasteiger partial charge on any atom is 0.461 e. The van der Waals surface area contributed by atoms with Gasteiger partial charge in [-0.2, -0.15) is 0 Å². The van der Waals surface area contributed by atoms with Crippen LogP contribution < -0.4 is 0 Å². The summed E-state index contributed by atoms with van der Waals surface area (Å²) in [5.74, 6) is -3.37. The molecule has 2 fully saturated rings. The van der Waals surface area contributed by atoms with Crippen molar-refractivity contribution in [3.63, 3.8) is 0 Å². The second-order valence-electron chi connectivity index (χ2n) is 6.89. The fourth-order valence-electron chi connectivity index (χ4n) is 2.79. The van der Waals surface area contributed by atoms with Gasteiger partial charge in [0.1, 0.15) is 5.82 Å². The Bertz CT molecular complexity index is 573. The standard InChI is InChI=1S/C15H18BF3O2/c1-14(2)15(3,4)21-16(20-14)9-7-8(9)12-10(17)5-6-11(18)13(12)19/h5-6,8-9H,7H2,1-4H3/t8-,9-/m0/s1. The zero-order valence-corrected chi connectivity index (χ0v) is 12.5. The summed E-state index contributed by atoms with van der Waals surface area (Å²) in [5, 5.41) is 0. The molecule has 1 heterocycles. The number of hydrogen-bond acceptors (Lipinski definition) is 2. The molecular weight excluding hydrogens is 280 g/mol. The highest BCUT2D eigenvalue weighted by Crippen LogP contribution is 2.59. The van der Waals surface area contributed by atoms with Crippen LogP contribution in [0, 0.1) is 17.5 Å². The first-order valence-electron chi connectivity index (χ1n) is 7.13. The van der Waals surface area contributed by atoms with E-state index >= 15 is 0 Å². The molecule has 3 rings (SSSR count). The van der Waals surface area contributed by atoms with Gasteiger partial charge in [0, 0.05) is 11.4 Å². The summed E-state index contributed by atoms with van der Waals surface area (Å²) < 4.78 is 52.7. The molecular formula is C15H18BF3O2. The summed E-state index contributed by atoms with van der Waals surface area (Å²) in [6.07, 6.45) is 0.536. The lowest BCUT2D eigenvalue weighted by molar-refractivity contribution is 0.00578. The predicted molar refractivity (Wildman–Crippen MR) is 73.5 cm³/mol. The van der Waals surface area contributed by atoms with Gasteiger partial charge in [-0.05, 0) is 52.2 Å². The lowest BCUT2D eigenvalue weighted by Gasteiger charge is -2.32. The zero-order chi connectivity index (χ0) is 15.6. The van der Waals surface area contributed by atoms with Crippen LogP contribution in [0.1, 0.15) is 45.6 Å². The van der Waals surface area contributed by atoms with Crippen molar-refractivity contribution in [3.05, 3.63) is 35.1 Å². The predicted octanol–water partition coefficient (Wildman–Crippen LogP) is 4.05. The van der Waals surface area contributed by atoms with Gasteiger partial charge in [0.15, 0.2) is 11.6 Å². The molecule has 0 bridgehead atoms. The van der Waals surface area contributed by atoms with Gasteiger partial charge < -0.3 is 9.31 Å². The highest BCUT2D eigenvalue weighted by molar-refractivity contribution is 6.49. The van der Waals surface area contributed by atoms with Crippen molar-refractivity contribution in [2.75, 3.05) is 0 Å². The minimum atomic E-state index is -1.10. The first-order chi connectivity index (χ1) is 9.64.